The van der Waals surface area contributed by atoms with Crippen molar-refractivity contribution < 1.29 is 0 Å². The lowest BCUT2D eigenvalue weighted by Gasteiger charge is -2.30. The van der Waals surface area contributed by atoms with Crippen molar-refractivity contribution in [2.24, 2.45) is 0 Å². The number of aromatic nitrogens is 1. The van der Waals surface area contributed by atoms with Crippen molar-refractivity contribution in [3.05, 3.63) is 229 Å². The van der Waals surface area contributed by atoms with Gasteiger partial charge in [-0.1, -0.05) is 146 Å². The van der Waals surface area contributed by atoms with Gasteiger partial charge in [0, 0.05) is 33.5 Å². The highest BCUT2D eigenvalue weighted by Gasteiger charge is 2.57. The third kappa shape index (κ3) is 3.99. The first-order valence-corrected chi connectivity index (χ1v) is 19.9. The smallest absolute Gasteiger partial charge is 0.0738 e. The van der Waals surface area contributed by atoms with Gasteiger partial charge in [0.1, 0.15) is 0 Å². The van der Waals surface area contributed by atoms with Gasteiger partial charge in [-0.25, -0.2) is 0 Å². The number of benzene rings is 9. The Kier molecular flexibility index (Phi) is 6.13. The molecule has 3 aliphatic carbocycles. The van der Waals surface area contributed by atoms with Crippen LogP contribution in [-0.4, -0.2) is 4.57 Å². The Labute approximate surface area is 331 Å². The molecule has 0 fully saturated rings. The Morgan fingerprint density at radius 1 is 0.333 bits per heavy atom. The molecule has 2 nitrogen and oxygen atoms in total. The summed E-state index contributed by atoms with van der Waals surface area (Å²) in [5.74, 6) is 0. The second-order valence-electron chi connectivity index (χ2n) is 15.6. The molecule has 264 valence electrons. The summed E-state index contributed by atoms with van der Waals surface area (Å²) in [6.45, 7) is 0. The van der Waals surface area contributed by atoms with Crippen molar-refractivity contribution in [1.82, 2.24) is 4.57 Å². The minimum Gasteiger partial charge on any atom is -0.310 e. The highest BCUT2D eigenvalue weighted by atomic mass is 15.1. The van der Waals surface area contributed by atoms with Crippen molar-refractivity contribution in [3.63, 3.8) is 0 Å². The highest BCUT2D eigenvalue weighted by molar-refractivity contribution is 6.11. The van der Waals surface area contributed by atoms with E-state index in [9.17, 15) is 0 Å². The van der Waals surface area contributed by atoms with Crippen LogP contribution in [0.15, 0.2) is 206 Å². The van der Waals surface area contributed by atoms with Crippen LogP contribution in [0, 0.1) is 0 Å². The molecule has 1 spiro atoms. The van der Waals surface area contributed by atoms with Gasteiger partial charge in [0.15, 0.2) is 0 Å². The van der Waals surface area contributed by atoms with Crippen LogP contribution in [0.3, 0.4) is 0 Å². The maximum absolute atomic E-state index is 2.51. The molecule has 57 heavy (non-hydrogen) atoms. The first kappa shape index (κ1) is 30.9. The number of anilines is 3. The van der Waals surface area contributed by atoms with Crippen LogP contribution in [0.25, 0.3) is 72.0 Å². The molecule has 1 unspecified atom stereocenters. The molecule has 0 aliphatic heterocycles. The van der Waals surface area contributed by atoms with E-state index in [0.29, 0.717) is 0 Å². The quantitative estimate of drug-likeness (QED) is 0.172. The number of hydrogen-bond acceptors (Lipinski definition) is 1. The largest absolute Gasteiger partial charge is 0.310 e. The van der Waals surface area contributed by atoms with Gasteiger partial charge < -0.3 is 9.47 Å². The van der Waals surface area contributed by atoms with Crippen LogP contribution in [0.2, 0.25) is 0 Å². The van der Waals surface area contributed by atoms with E-state index in [2.05, 4.69) is 216 Å². The number of rotatable bonds is 5. The third-order valence-electron chi connectivity index (χ3n) is 12.9. The number of nitrogens with zero attached hydrogens (tertiary/aromatic N) is 2. The van der Waals surface area contributed by atoms with Gasteiger partial charge in [0.05, 0.1) is 16.4 Å². The SMILES string of the molecule is c1ccc(-c2ccc(N(c3ccc4c(c3)C35c6ccccc6-c6cccc(c63)-c3cccc-4c35)c3ccc4c(c3)c3ccccc3n4-c3ccccc3)cc2)cc1. The highest BCUT2D eigenvalue weighted by Crippen LogP contribution is 2.70. The Morgan fingerprint density at radius 3 is 1.61 bits per heavy atom. The van der Waals surface area contributed by atoms with E-state index in [4.69, 9.17) is 0 Å². The first-order valence-electron chi connectivity index (χ1n) is 19.9. The Hall–Kier alpha value is -7.42. The molecule has 2 heteroatoms. The van der Waals surface area contributed by atoms with Gasteiger partial charge in [-0.3, -0.25) is 0 Å². The third-order valence-corrected chi connectivity index (χ3v) is 12.9. The number of para-hydroxylation sites is 2. The molecular formula is C55H34N2. The van der Waals surface area contributed by atoms with Gasteiger partial charge >= 0.3 is 0 Å². The van der Waals surface area contributed by atoms with Crippen molar-refractivity contribution in [3.8, 4) is 50.2 Å². The van der Waals surface area contributed by atoms with Crippen molar-refractivity contribution in [1.29, 1.82) is 0 Å². The molecule has 0 amide bonds. The summed E-state index contributed by atoms with van der Waals surface area (Å²) < 4.78 is 2.39. The average molecular weight is 723 g/mol. The molecule has 1 heterocycles. The zero-order chi connectivity index (χ0) is 37.2. The second kappa shape index (κ2) is 11.3. The van der Waals surface area contributed by atoms with Gasteiger partial charge in [0.2, 0.25) is 0 Å². The van der Waals surface area contributed by atoms with E-state index in [1.54, 1.807) is 0 Å². The van der Waals surface area contributed by atoms with Gasteiger partial charge in [-0.2, -0.15) is 0 Å². The Balaban J connectivity index is 1.06. The Bertz CT molecular complexity index is 3250. The Morgan fingerprint density at radius 2 is 0.860 bits per heavy atom. The van der Waals surface area contributed by atoms with Crippen molar-refractivity contribution in [2.75, 3.05) is 4.90 Å². The average Bonchev–Trinajstić information content (AvgIpc) is 3.98. The summed E-state index contributed by atoms with van der Waals surface area (Å²) in [4.78, 5) is 2.46. The summed E-state index contributed by atoms with van der Waals surface area (Å²) in [6.07, 6.45) is 0. The second-order valence-corrected chi connectivity index (χ2v) is 15.6. The lowest BCUT2D eigenvalue weighted by molar-refractivity contribution is 0.818. The molecule has 0 N–H and O–H groups in total. The van der Waals surface area contributed by atoms with Crippen LogP contribution in [0.1, 0.15) is 22.3 Å². The molecule has 10 aromatic rings. The summed E-state index contributed by atoms with van der Waals surface area (Å²) >= 11 is 0. The fraction of sp³-hybridized carbons (Fsp3) is 0.0182. The molecular weight excluding hydrogens is 689 g/mol. The lowest BCUT2D eigenvalue weighted by Crippen LogP contribution is -2.23. The normalized spacial score (nSPS) is 15.1. The molecule has 13 rings (SSSR count). The zero-order valence-corrected chi connectivity index (χ0v) is 31.0. The van der Waals surface area contributed by atoms with Crippen LogP contribution in [0.5, 0.6) is 0 Å². The minimum atomic E-state index is -0.352. The molecule has 0 saturated carbocycles. The summed E-state index contributed by atoms with van der Waals surface area (Å²) in [5.41, 5.74) is 22.8. The molecule has 0 bridgehead atoms. The van der Waals surface area contributed by atoms with Crippen molar-refractivity contribution >= 4 is 38.9 Å². The zero-order valence-electron chi connectivity index (χ0n) is 31.0. The lowest BCUT2D eigenvalue weighted by atomic mass is 9.73. The van der Waals surface area contributed by atoms with Crippen LogP contribution < -0.4 is 4.90 Å². The van der Waals surface area contributed by atoms with E-state index >= 15 is 0 Å². The first-order chi connectivity index (χ1) is 28.3. The molecule has 0 radical (unpaired) electrons. The minimum absolute atomic E-state index is 0.352. The van der Waals surface area contributed by atoms with E-state index in [0.717, 1.165) is 22.7 Å². The van der Waals surface area contributed by atoms with Crippen LogP contribution in [-0.2, 0) is 5.41 Å². The van der Waals surface area contributed by atoms with E-state index < -0.39 is 0 Å². The van der Waals surface area contributed by atoms with E-state index in [-0.39, 0.29) is 5.41 Å². The predicted molar refractivity (Wildman–Crippen MR) is 236 cm³/mol. The molecule has 0 saturated heterocycles. The molecule has 3 aliphatic rings. The fourth-order valence-corrected chi connectivity index (χ4v) is 10.7. The summed E-state index contributed by atoms with van der Waals surface area (Å²) in [5, 5.41) is 2.47. The maximum atomic E-state index is 2.51. The predicted octanol–water partition coefficient (Wildman–Crippen LogP) is 14.2. The topological polar surface area (TPSA) is 8.17 Å². The number of fused-ring (bicyclic) bond motifs is 8. The van der Waals surface area contributed by atoms with E-state index in [1.165, 1.54) is 88.6 Å². The van der Waals surface area contributed by atoms with Crippen LogP contribution >= 0.6 is 0 Å². The number of hydrogen-bond donors (Lipinski definition) is 0. The standard InChI is InChI=1S/C55H34N2/c1-3-13-35(14-4-1)36-25-27-38(28-26-36)56(39-30-32-52-48(33-39)43-18-8-10-24-51(43)57(52)37-15-5-2-6-16-37)40-29-31-42-45-20-12-22-47-46-21-11-19-44-41-17-7-9-23-49(41)55(53(44)46,54(45)47)50(42)34-40/h1-34H. The van der Waals surface area contributed by atoms with Crippen molar-refractivity contribution in [2.45, 2.75) is 5.41 Å². The molecule has 1 atom stereocenters. The molecule has 9 aromatic carbocycles. The summed E-state index contributed by atoms with van der Waals surface area (Å²) in [7, 11) is 0. The monoisotopic (exact) mass is 722 g/mol. The maximum Gasteiger partial charge on any atom is 0.0738 e. The fourth-order valence-electron chi connectivity index (χ4n) is 10.7. The van der Waals surface area contributed by atoms with Gasteiger partial charge in [-0.15, -0.1) is 0 Å². The van der Waals surface area contributed by atoms with Crippen LogP contribution in [0.4, 0.5) is 17.1 Å². The van der Waals surface area contributed by atoms with E-state index in [1.807, 2.05) is 0 Å². The van der Waals surface area contributed by atoms with Gasteiger partial charge in [0.25, 0.3) is 0 Å². The van der Waals surface area contributed by atoms with Gasteiger partial charge in [-0.05, 0) is 127 Å². The molecule has 1 aromatic heterocycles. The summed E-state index contributed by atoms with van der Waals surface area (Å²) in [6, 6.07) is 76.5.